The number of anilines is 1. The topological polar surface area (TPSA) is 49.3 Å². The smallest absolute Gasteiger partial charge is 0.152 e. The number of hydrogen-bond acceptors (Lipinski definition) is 5. The number of aldehydes is 1. The highest BCUT2D eigenvalue weighted by molar-refractivity contribution is 5.99. The normalized spacial score (nSPS) is 20.5. The predicted molar refractivity (Wildman–Crippen MR) is 86.4 cm³/mol. The van der Waals surface area contributed by atoms with Gasteiger partial charge in [0.2, 0.25) is 0 Å². The maximum atomic E-state index is 11.2. The summed E-state index contributed by atoms with van der Waals surface area (Å²) in [4.78, 5) is 25.1. The Kier molecular flexibility index (Phi) is 3.11. The van der Waals surface area contributed by atoms with Crippen molar-refractivity contribution in [1.82, 2.24) is 14.9 Å². The Balaban J connectivity index is 1.75. The summed E-state index contributed by atoms with van der Waals surface area (Å²) in [5.41, 5.74) is 3.63. The summed E-state index contributed by atoms with van der Waals surface area (Å²) in [6.07, 6.45) is 6.78. The molecule has 1 aliphatic heterocycles. The standard InChI is InChI=1S/C17H20N4O/c1-2-21-10-9-20(12-17(21)5-6-17)14-4-3-13(11-22)15-16(14)19-8-7-18-15/h3-4,7-8,11H,2,5-6,9-10,12H2,1H3. The van der Waals surface area contributed by atoms with Gasteiger partial charge in [0, 0.05) is 43.1 Å². The first-order chi connectivity index (χ1) is 10.8. The number of likely N-dealkylation sites (N-methyl/N-ethyl adjacent to an activating group) is 1. The van der Waals surface area contributed by atoms with Crippen LogP contribution in [0.5, 0.6) is 0 Å². The molecule has 5 nitrogen and oxygen atoms in total. The number of rotatable bonds is 3. The summed E-state index contributed by atoms with van der Waals surface area (Å²) >= 11 is 0. The van der Waals surface area contributed by atoms with E-state index in [4.69, 9.17) is 0 Å². The van der Waals surface area contributed by atoms with E-state index in [1.165, 1.54) is 12.8 Å². The first kappa shape index (κ1) is 13.6. The van der Waals surface area contributed by atoms with Gasteiger partial charge in [-0.3, -0.25) is 19.7 Å². The Labute approximate surface area is 130 Å². The molecule has 1 aromatic carbocycles. The van der Waals surface area contributed by atoms with Gasteiger partial charge in [-0.2, -0.15) is 0 Å². The zero-order valence-electron chi connectivity index (χ0n) is 12.8. The fourth-order valence-electron chi connectivity index (χ4n) is 3.74. The zero-order valence-corrected chi connectivity index (χ0v) is 12.8. The molecule has 0 amide bonds. The third kappa shape index (κ3) is 2.00. The SMILES string of the molecule is CCN1CCN(c2ccc(C=O)c3nccnc23)CC12CC2. The van der Waals surface area contributed by atoms with Crippen molar-refractivity contribution in [2.75, 3.05) is 31.1 Å². The maximum absolute atomic E-state index is 11.2. The largest absolute Gasteiger partial charge is 0.367 e. The van der Waals surface area contributed by atoms with Crippen LogP contribution in [0.15, 0.2) is 24.5 Å². The van der Waals surface area contributed by atoms with E-state index >= 15 is 0 Å². The van der Waals surface area contributed by atoms with Gasteiger partial charge in [-0.25, -0.2) is 0 Å². The number of hydrogen-bond donors (Lipinski definition) is 0. The Morgan fingerprint density at radius 2 is 1.95 bits per heavy atom. The van der Waals surface area contributed by atoms with Gasteiger partial charge in [-0.05, 0) is 31.5 Å². The molecule has 1 aromatic heterocycles. The van der Waals surface area contributed by atoms with Gasteiger partial charge in [0.25, 0.3) is 0 Å². The average Bonchev–Trinajstić information content (AvgIpc) is 3.33. The van der Waals surface area contributed by atoms with E-state index in [9.17, 15) is 4.79 Å². The molecule has 4 rings (SSSR count). The van der Waals surface area contributed by atoms with Gasteiger partial charge < -0.3 is 4.90 Å². The molecule has 2 fully saturated rings. The lowest BCUT2D eigenvalue weighted by atomic mass is 10.1. The molecule has 0 bridgehead atoms. The van der Waals surface area contributed by atoms with Crippen molar-refractivity contribution in [2.45, 2.75) is 25.3 Å². The van der Waals surface area contributed by atoms with Crippen LogP contribution in [0.25, 0.3) is 11.0 Å². The molecule has 22 heavy (non-hydrogen) atoms. The maximum Gasteiger partial charge on any atom is 0.152 e. The third-order valence-electron chi connectivity index (χ3n) is 5.11. The number of benzene rings is 1. The Morgan fingerprint density at radius 1 is 1.18 bits per heavy atom. The van der Waals surface area contributed by atoms with Gasteiger partial charge in [-0.1, -0.05) is 6.92 Å². The minimum Gasteiger partial charge on any atom is -0.367 e. The molecule has 2 aliphatic rings. The average molecular weight is 296 g/mol. The second-order valence-corrected chi connectivity index (χ2v) is 6.27. The predicted octanol–water partition coefficient (Wildman–Crippen LogP) is 2.12. The molecule has 2 aromatic rings. The fourth-order valence-corrected chi connectivity index (χ4v) is 3.74. The summed E-state index contributed by atoms with van der Waals surface area (Å²) in [6.45, 7) is 6.51. The molecule has 1 saturated carbocycles. The molecule has 1 saturated heterocycles. The molecule has 0 unspecified atom stereocenters. The summed E-state index contributed by atoms with van der Waals surface area (Å²) < 4.78 is 0. The van der Waals surface area contributed by atoms with Crippen molar-refractivity contribution < 1.29 is 4.79 Å². The molecule has 1 aliphatic carbocycles. The highest BCUT2D eigenvalue weighted by Crippen LogP contribution is 2.45. The lowest BCUT2D eigenvalue weighted by molar-refractivity contribution is 0.112. The second-order valence-electron chi connectivity index (χ2n) is 6.27. The molecule has 1 spiro atoms. The number of carbonyl (C=O) groups excluding carboxylic acids is 1. The van der Waals surface area contributed by atoms with Crippen LogP contribution in [0.1, 0.15) is 30.1 Å². The molecular weight excluding hydrogens is 276 g/mol. The first-order valence-electron chi connectivity index (χ1n) is 7.96. The monoisotopic (exact) mass is 296 g/mol. The van der Waals surface area contributed by atoms with E-state index in [1.807, 2.05) is 12.1 Å². The molecule has 0 radical (unpaired) electrons. The van der Waals surface area contributed by atoms with E-state index in [-0.39, 0.29) is 0 Å². The summed E-state index contributed by atoms with van der Waals surface area (Å²) in [6, 6.07) is 3.89. The quantitative estimate of drug-likeness (QED) is 0.812. The Morgan fingerprint density at radius 3 is 2.64 bits per heavy atom. The molecule has 114 valence electrons. The summed E-state index contributed by atoms with van der Waals surface area (Å²) in [7, 11) is 0. The molecule has 5 heteroatoms. The van der Waals surface area contributed by atoms with Crippen LogP contribution in [0, 0.1) is 0 Å². The van der Waals surface area contributed by atoms with Gasteiger partial charge in [-0.15, -0.1) is 0 Å². The number of nitrogens with zero attached hydrogens (tertiary/aromatic N) is 4. The lowest BCUT2D eigenvalue weighted by Gasteiger charge is -2.43. The fraction of sp³-hybridized carbons (Fsp3) is 0.471. The molecule has 0 N–H and O–H groups in total. The molecule has 0 atom stereocenters. The van der Waals surface area contributed by atoms with Crippen molar-refractivity contribution >= 4 is 23.0 Å². The van der Waals surface area contributed by atoms with Crippen LogP contribution in [0.3, 0.4) is 0 Å². The van der Waals surface area contributed by atoms with Gasteiger partial charge >= 0.3 is 0 Å². The Hall–Kier alpha value is -2.01. The van der Waals surface area contributed by atoms with Gasteiger partial charge in [0.05, 0.1) is 5.69 Å². The number of aromatic nitrogens is 2. The third-order valence-corrected chi connectivity index (χ3v) is 5.11. The van der Waals surface area contributed by atoms with Crippen molar-refractivity contribution in [3.05, 3.63) is 30.1 Å². The highest BCUT2D eigenvalue weighted by atomic mass is 16.1. The lowest BCUT2D eigenvalue weighted by Crippen LogP contribution is -2.55. The summed E-state index contributed by atoms with van der Waals surface area (Å²) in [5.74, 6) is 0. The van der Waals surface area contributed by atoms with Crippen molar-refractivity contribution in [3.8, 4) is 0 Å². The zero-order chi connectivity index (χ0) is 15.2. The van der Waals surface area contributed by atoms with Gasteiger partial charge in [0.1, 0.15) is 11.0 Å². The molecule has 2 heterocycles. The number of fused-ring (bicyclic) bond motifs is 1. The van der Waals surface area contributed by atoms with Crippen LogP contribution in [0.4, 0.5) is 5.69 Å². The van der Waals surface area contributed by atoms with E-state index < -0.39 is 0 Å². The Bertz CT molecular complexity index is 726. The van der Waals surface area contributed by atoms with E-state index in [2.05, 4.69) is 26.7 Å². The van der Waals surface area contributed by atoms with Gasteiger partial charge in [0.15, 0.2) is 6.29 Å². The minimum atomic E-state index is 0.366. The van der Waals surface area contributed by atoms with Crippen LogP contribution in [-0.4, -0.2) is 52.9 Å². The van der Waals surface area contributed by atoms with Crippen LogP contribution >= 0.6 is 0 Å². The first-order valence-corrected chi connectivity index (χ1v) is 7.96. The van der Waals surface area contributed by atoms with E-state index in [1.54, 1.807) is 12.4 Å². The van der Waals surface area contributed by atoms with Crippen LogP contribution < -0.4 is 4.90 Å². The van der Waals surface area contributed by atoms with Crippen molar-refractivity contribution in [3.63, 3.8) is 0 Å². The highest BCUT2D eigenvalue weighted by Gasteiger charge is 2.50. The van der Waals surface area contributed by atoms with E-state index in [0.29, 0.717) is 16.6 Å². The van der Waals surface area contributed by atoms with Crippen molar-refractivity contribution in [2.24, 2.45) is 0 Å². The van der Waals surface area contributed by atoms with Crippen LogP contribution in [-0.2, 0) is 0 Å². The number of piperazine rings is 1. The van der Waals surface area contributed by atoms with Crippen LogP contribution in [0.2, 0.25) is 0 Å². The minimum absolute atomic E-state index is 0.366. The molecular formula is C17H20N4O. The second kappa shape index (κ2) is 5.02. The number of carbonyl (C=O) groups is 1. The van der Waals surface area contributed by atoms with Crippen molar-refractivity contribution in [1.29, 1.82) is 0 Å². The summed E-state index contributed by atoms with van der Waals surface area (Å²) in [5, 5.41) is 0. The van der Waals surface area contributed by atoms with E-state index in [0.717, 1.165) is 43.7 Å².